The van der Waals surface area contributed by atoms with Gasteiger partial charge in [0.2, 0.25) is 0 Å². The molecule has 1 aliphatic rings. The topological polar surface area (TPSA) is 56.1 Å². The van der Waals surface area contributed by atoms with E-state index in [0.717, 1.165) is 5.56 Å². The highest BCUT2D eigenvalue weighted by Crippen LogP contribution is 2.30. The van der Waals surface area contributed by atoms with Gasteiger partial charge in [-0.15, -0.1) is 0 Å². The van der Waals surface area contributed by atoms with Gasteiger partial charge in [0.15, 0.2) is 11.0 Å². The summed E-state index contributed by atoms with van der Waals surface area (Å²) in [5.41, 5.74) is 2.10. The number of ether oxygens (including phenoxy) is 1. The molecule has 4 rings (SSSR count). The van der Waals surface area contributed by atoms with Gasteiger partial charge >= 0.3 is 0 Å². The van der Waals surface area contributed by atoms with Gasteiger partial charge < -0.3 is 9.64 Å². The third-order valence-corrected chi connectivity index (χ3v) is 5.33. The Hall–Kier alpha value is -2.26. The molecule has 0 spiro atoms. The van der Waals surface area contributed by atoms with Gasteiger partial charge in [0.05, 0.1) is 30.3 Å². The van der Waals surface area contributed by atoms with Crippen LogP contribution >= 0.6 is 11.8 Å². The van der Waals surface area contributed by atoms with Crippen molar-refractivity contribution in [3.63, 3.8) is 0 Å². The maximum atomic E-state index is 13.8. The fraction of sp³-hybridized carbons (Fsp3) is 0.421. The number of halogens is 2. The average molecular weight is 405 g/mol. The molecule has 28 heavy (non-hydrogen) atoms. The molecular weight excluding hydrogens is 384 g/mol. The van der Waals surface area contributed by atoms with Gasteiger partial charge in [-0.05, 0) is 37.8 Å². The van der Waals surface area contributed by atoms with E-state index >= 15 is 0 Å². The number of alkyl halides is 2. The molecule has 0 unspecified atom stereocenters. The van der Waals surface area contributed by atoms with E-state index in [1.807, 2.05) is 25.3 Å². The van der Waals surface area contributed by atoms with Crippen molar-refractivity contribution in [1.82, 2.24) is 19.5 Å². The Kier molecular flexibility index (Phi) is 5.20. The highest BCUT2D eigenvalue weighted by molar-refractivity contribution is 7.98. The van der Waals surface area contributed by atoms with Crippen molar-refractivity contribution >= 4 is 28.6 Å². The van der Waals surface area contributed by atoms with Gasteiger partial charge in [-0.1, -0.05) is 17.8 Å². The summed E-state index contributed by atoms with van der Waals surface area (Å²) in [6, 6.07) is 7.38. The van der Waals surface area contributed by atoms with E-state index in [4.69, 9.17) is 4.74 Å². The van der Waals surface area contributed by atoms with Crippen LogP contribution in [0.4, 0.5) is 14.6 Å². The minimum Gasteiger partial charge on any atom is -0.377 e. The van der Waals surface area contributed by atoms with Crippen LogP contribution in [0.2, 0.25) is 0 Å². The molecular formula is C19H21F2N5OS. The van der Waals surface area contributed by atoms with E-state index in [2.05, 4.69) is 26.8 Å². The fourth-order valence-corrected chi connectivity index (χ4v) is 3.78. The van der Waals surface area contributed by atoms with Crippen LogP contribution in [0.25, 0.3) is 16.9 Å². The minimum atomic E-state index is -2.72. The second-order valence-corrected chi connectivity index (χ2v) is 7.56. The molecule has 1 aromatic carbocycles. The van der Waals surface area contributed by atoms with E-state index in [1.165, 1.54) is 16.3 Å². The Morgan fingerprint density at radius 1 is 1.18 bits per heavy atom. The second kappa shape index (κ2) is 7.63. The summed E-state index contributed by atoms with van der Waals surface area (Å²) in [6.45, 7) is 5.88. The summed E-state index contributed by atoms with van der Waals surface area (Å²) in [5.74, 6) is 0.795. The van der Waals surface area contributed by atoms with Crippen molar-refractivity contribution in [2.24, 2.45) is 0 Å². The molecule has 3 aromatic rings. The van der Waals surface area contributed by atoms with Crippen molar-refractivity contribution in [3.05, 3.63) is 35.7 Å². The third kappa shape index (κ3) is 3.44. The Morgan fingerprint density at radius 2 is 1.96 bits per heavy atom. The SMILES string of the molecule is CSc1nc(N2CCOC[C@@H]2C)cc(-n2c(C(F)F)nc3ccc(C)cc32)n1. The number of hydrogen-bond donors (Lipinski definition) is 0. The first-order chi connectivity index (χ1) is 13.5. The molecule has 6 nitrogen and oxygen atoms in total. The average Bonchev–Trinajstić information content (AvgIpc) is 3.07. The van der Waals surface area contributed by atoms with Crippen LogP contribution in [-0.2, 0) is 4.74 Å². The molecule has 9 heteroatoms. The lowest BCUT2D eigenvalue weighted by molar-refractivity contribution is 0.0984. The zero-order valence-corrected chi connectivity index (χ0v) is 16.7. The first-order valence-electron chi connectivity index (χ1n) is 9.03. The zero-order valence-electron chi connectivity index (χ0n) is 15.9. The lowest BCUT2D eigenvalue weighted by Crippen LogP contribution is -2.44. The van der Waals surface area contributed by atoms with Crippen molar-refractivity contribution in [2.75, 3.05) is 30.9 Å². The van der Waals surface area contributed by atoms with Gasteiger partial charge in [-0.25, -0.2) is 23.7 Å². The van der Waals surface area contributed by atoms with Gasteiger partial charge in [0.25, 0.3) is 6.43 Å². The van der Waals surface area contributed by atoms with Crippen molar-refractivity contribution in [1.29, 1.82) is 0 Å². The molecule has 1 atom stereocenters. The molecule has 0 saturated carbocycles. The molecule has 0 N–H and O–H groups in total. The number of hydrogen-bond acceptors (Lipinski definition) is 6. The molecule has 0 amide bonds. The summed E-state index contributed by atoms with van der Waals surface area (Å²) in [5, 5.41) is 0.529. The zero-order chi connectivity index (χ0) is 19.8. The van der Waals surface area contributed by atoms with Crippen LogP contribution in [0.15, 0.2) is 29.4 Å². The predicted octanol–water partition coefficient (Wildman–Crippen LogP) is 4.01. The summed E-state index contributed by atoms with van der Waals surface area (Å²) in [7, 11) is 0. The summed E-state index contributed by atoms with van der Waals surface area (Å²) >= 11 is 1.38. The Bertz CT molecular complexity index is 1010. The third-order valence-electron chi connectivity index (χ3n) is 4.78. The predicted molar refractivity (Wildman–Crippen MR) is 106 cm³/mol. The number of thioether (sulfide) groups is 1. The van der Waals surface area contributed by atoms with Crippen molar-refractivity contribution in [3.8, 4) is 5.82 Å². The molecule has 0 bridgehead atoms. The molecule has 0 aliphatic carbocycles. The van der Waals surface area contributed by atoms with Gasteiger partial charge in [-0.3, -0.25) is 4.57 Å². The Morgan fingerprint density at radius 3 is 2.68 bits per heavy atom. The van der Waals surface area contributed by atoms with E-state index in [-0.39, 0.29) is 11.9 Å². The summed E-state index contributed by atoms with van der Waals surface area (Å²) in [4.78, 5) is 15.4. The van der Waals surface area contributed by atoms with Crippen LogP contribution in [0.3, 0.4) is 0 Å². The number of benzene rings is 1. The molecule has 0 radical (unpaired) electrons. The quantitative estimate of drug-likeness (QED) is 0.483. The monoisotopic (exact) mass is 405 g/mol. The molecule has 2 aromatic heterocycles. The van der Waals surface area contributed by atoms with Crippen LogP contribution in [0, 0.1) is 6.92 Å². The maximum absolute atomic E-state index is 13.8. The molecule has 3 heterocycles. The van der Waals surface area contributed by atoms with Crippen LogP contribution in [-0.4, -0.2) is 51.6 Å². The van der Waals surface area contributed by atoms with Gasteiger partial charge in [0.1, 0.15) is 11.6 Å². The van der Waals surface area contributed by atoms with Gasteiger partial charge in [-0.2, -0.15) is 0 Å². The molecule has 1 aliphatic heterocycles. The number of nitrogens with zero attached hydrogens (tertiary/aromatic N) is 5. The fourth-order valence-electron chi connectivity index (χ4n) is 3.41. The van der Waals surface area contributed by atoms with E-state index in [1.54, 1.807) is 12.1 Å². The number of rotatable bonds is 4. The standard InChI is InChI=1S/C19H21F2N5OS/c1-11-4-5-13-14(8-11)26(18(22-13)17(20)21)16-9-15(23-19(24-16)28-3)25-6-7-27-10-12(25)2/h4-5,8-9,12,17H,6-7,10H2,1-3H3/t12-/m0/s1. The number of imidazole rings is 1. The number of fused-ring (bicyclic) bond motifs is 1. The van der Waals surface area contributed by atoms with Crippen LogP contribution in [0.1, 0.15) is 24.7 Å². The lowest BCUT2D eigenvalue weighted by Gasteiger charge is -2.34. The minimum absolute atomic E-state index is 0.141. The first kappa shape index (κ1) is 19.1. The summed E-state index contributed by atoms with van der Waals surface area (Å²) in [6.07, 6.45) is -0.846. The number of anilines is 1. The van der Waals surface area contributed by atoms with Crippen molar-refractivity contribution in [2.45, 2.75) is 31.5 Å². The normalized spacial score (nSPS) is 17.6. The van der Waals surface area contributed by atoms with E-state index < -0.39 is 6.43 Å². The lowest BCUT2D eigenvalue weighted by atomic mass is 10.2. The molecule has 1 fully saturated rings. The van der Waals surface area contributed by atoms with Crippen LogP contribution < -0.4 is 4.90 Å². The number of morpholine rings is 1. The maximum Gasteiger partial charge on any atom is 0.296 e. The largest absolute Gasteiger partial charge is 0.377 e. The molecule has 1 saturated heterocycles. The van der Waals surface area contributed by atoms with E-state index in [0.29, 0.717) is 47.6 Å². The van der Waals surface area contributed by atoms with Crippen LogP contribution in [0.5, 0.6) is 0 Å². The summed E-state index contributed by atoms with van der Waals surface area (Å²) < 4.78 is 34.5. The smallest absolute Gasteiger partial charge is 0.296 e. The molecule has 148 valence electrons. The second-order valence-electron chi connectivity index (χ2n) is 6.79. The van der Waals surface area contributed by atoms with Gasteiger partial charge in [0, 0.05) is 12.6 Å². The van der Waals surface area contributed by atoms with Crippen molar-refractivity contribution < 1.29 is 13.5 Å². The number of aryl methyl sites for hydroxylation is 1. The Balaban J connectivity index is 1.92. The highest BCUT2D eigenvalue weighted by atomic mass is 32.2. The number of aromatic nitrogens is 4. The Labute approximate surface area is 165 Å². The highest BCUT2D eigenvalue weighted by Gasteiger charge is 2.25. The first-order valence-corrected chi connectivity index (χ1v) is 10.3. The van der Waals surface area contributed by atoms with E-state index in [9.17, 15) is 8.78 Å².